The van der Waals surface area contributed by atoms with Gasteiger partial charge in [-0.3, -0.25) is 10.2 Å². The lowest BCUT2D eigenvalue weighted by Crippen LogP contribution is -2.35. The van der Waals surface area contributed by atoms with Crippen LogP contribution in [0.4, 0.5) is 0 Å². The number of hydrogen-bond donors (Lipinski definition) is 1. The third-order valence-corrected chi connectivity index (χ3v) is 3.63. The molecule has 2 rings (SSSR count). The molecule has 1 N–H and O–H groups in total. The van der Waals surface area contributed by atoms with Gasteiger partial charge in [0, 0.05) is 20.5 Å². The van der Waals surface area contributed by atoms with Crippen LogP contribution in [0, 0.1) is 0 Å². The molecule has 0 bridgehead atoms. The molecule has 0 fully saturated rings. The van der Waals surface area contributed by atoms with Crippen molar-refractivity contribution in [2.75, 3.05) is 14.1 Å². The Labute approximate surface area is 116 Å². The maximum Gasteiger partial charge on any atom is 0.234 e. The van der Waals surface area contributed by atoms with Crippen LogP contribution in [-0.4, -0.2) is 25.0 Å². The average Bonchev–Trinajstić information content (AvgIpc) is 2.37. The Hall–Kier alpha value is -1.35. The number of benzene rings is 1. The smallest absolute Gasteiger partial charge is 0.234 e. The molecule has 19 heavy (non-hydrogen) atoms. The van der Waals surface area contributed by atoms with Crippen molar-refractivity contribution >= 4 is 5.91 Å². The molecule has 1 aliphatic carbocycles. The van der Waals surface area contributed by atoms with E-state index >= 15 is 0 Å². The SMILES string of the molecule is CN(C)NC(=O)CCCc1ccc2c(c1)CCCC2. The van der Waals surface area contributed by atoms with E-state index in [2.05, 4.69) is 23.6 Å². The summed E-state index contributed by atoms with van der Waals surface area (Å²) >= 11 is 0. The van der Waals surface area contributed by atoms with E-state index in [-0.39, 0.29) is 5.91 Å². The summed E-state index contributed by atoms with van der Waals surface area (Å²) in [6.07, 6.45) is 7.62. The van der Waals surface area contributed by atoms with Gasteiger partial charge in [0.25, 0.3) is 0 Å². The Morgan fingerprint density at radius 3 is 2.68 bits per heavy atom. The van der Waals surface area contributed by atoms with Gasteiger partial charge in [-0.1, -0.05) is 18.2 Å². The van der Waals surface area contributed by atoms with E-state index in [0.717, 1.165) is 12.8 Å². The molecule has 104 valence electrons. The number of nitrogens with one attached hydrogen (secondary N) is 1. The average molecular weight is 260 g/mol. The van der Waals surface area contributed by atoms with Crippen molar-refractivity contribution in [2.45, 2.75) is 44.9 Å². The van der Waals surface area contributed by atoms with Gasteiger partial charge in [0.2, 0.25) is 5.91 Å². The normalized spacial score (nSPS) is 14.3. The molecule has 1 aromatic carbocycles. The van der Waals surface area contributed by atoms with E-state index < -0.39 is 0 Å². The monoisotopic (exact) mass is 260 g/mol. The highest BCUT2D eigenvalue weighted by molar-refractivity contribution is 5.75. The van der Waals surface area contributed by atoms with Crippen molar-refractivity contribution in [1.29, 1.82) is 0 Å². The predicted molar refractivity (Wildman–Crippen MR) is 77.9 cm³/mol. The molecular formula is C16H24N2O. The number of nitrogens with zero attached hydrogens (tertiary/aromatic N) is 1. The van der Waals surface area contributed by atoms with Crippen LogP contribution >= 0.6 is 0 Å². The van der Waals surface area contributed by atoms with Gasteiger partial charge < -0.3 is 0 Å². The van der Waals surface area contributed by atoms with Crippen molar-refractivity contribution in [1.82, 2.24) is 10.4 Å². The number of rotatable bonds is 5. The van der Waals surface area contributed by atoms with Crippen molar-refractivity contribution in [2.24, 2.45) is 0 Å². The molecule has 3 nitrogen and oxygen atoms in total. The highest BCUT2D eigenvalue weighted by Gasteiger charge is 2.09. The summed E-state index contributed by atoms with van der Waals surface area (Å²) < 4.78 is 0. The molecule has 0 unspecified atom stereocenters. The number of carbonyl (C=O) groups excluding carboxylic acids is 1. The highest BCUT2D eigenvalue weighted by atomic mass is 16.2. The molecule has 0 spiro atoms. The van der Waals surface area contributed by atoms with Gasteiger partial charge in [0.15, 0.2) is 0 Å². The van der Waals surface area contributed by atoms with Crippen molar-refractivity contribution < 1.29 is 4.79 Å². The van der Waals surface area contributed by atoms with Crippen molar-refractivity contribution in [3.8, 4) is 0 Å². The van der Waals surface area contributed by atoms with Gasteiger partial charge in [0.1, 0.15) is 0 Å². The van der Waals surface area contributed by atoms with Crippen molar-refractivity contribution in [3.63, 3.8) is 0 Å². The molecular weight excluding hydrogens is 236 g/mol. The molecule has 0 saturated heterocycles. The van der Waals surface area contributed by atoms with Crippen LogP contribution in [0.3, 0.4) is 0 Å². The summed E-state index contributed by atoms with van der Waals surface area (Å²) in [5.74, 6) is 0.1000. The third kappa shape index (κ3) is 4.35. The van der Waals surface area contributed by atoms with E-state index in [1.165, 1.54) is 42.4 Å². The highest BCUT2D eigenvalue weighted by Crippen LogP contribution is 2.22. The molecule has 0 radical (unpaired) electrons. The molecule has 1 amide bonds. The topological polar surface area (TPSA) is 32.3 Å². The first-order chi connectivity index (χ1) is 9.15. The molecule has 0 atom stereocenters. The molecule has 1 aromatic rings. The number of hydrogen-bond acceptors (Lipinski definition) is 2. The number of carbonyl (C=O) groups is 1. The largest absolute Gasteiger partial charge is 0.289 e. The number of hydrazine groups is 1. The predicted octanol–water partition coefficient (Wildman–Crippen LogP) is 2.48. The standard InChI is InChI=1S/C16H24N2O/c1-18(2)17-16(19)9-5-6-13-10-11-14-7-3-4-8-15(14)12-13/h10-12H,3-9H2,1-2H3,(H,17,19). The molecule has 0 aromatic heterocycles. The third-order valence-electron chi connectivity index (χ3n) is 3.63. The summed E-state index contributed by atoms with van der Waals surface area (Å²) in [6.45, 7) is 0. The maximum atomic E-state index is 11.5. The zero-order valence-electron chi connectivity index (χ0n) is 12.0. The maximum absolute atomic E-state index is 11.5. The molecule has 3 heteroatoms. The number of aryl methyl sites for hydroxylation is 3. The first kappa shape index (κ1) is 14.1. The summed E-state index contributed by atoms with van der Waals surface area (Å²) in [7, 11) is 3.67. The Bertz CT molecular complexity index is 440. The quantitative estimate of drug-likeness (QED) is 0.825. The second-order valence-corrected chi connectivity index (χ2v) is 5.59. The van der Waals surface area contributed by atoms with Crippen LogP contribution in [-0.2, 0) is 24.1 Å². The minimum atomic E-state index is 0.1000. The van der Waals surface area contributed by atoms with Gasteiger partial charge in [-0.15, -0.1) is 0 Å². The van der Waals surface area contributed by atoms with E-state index in [4.69, 9.17) is 0 Å². The van der Waals surface area contributed by atoms with Gasteiger partial charge in [-0.05, 0) is 55.2 Å². The van der Waals surface area contributed by atoms with Crippen LogP contribution in [0.1, 0.15) is 42.4 Å². The number of fused-ring (bicyclic) bond motifs is 1. The van der Waals surface area contributed by atoms with Crippen LogP contribution in [0.15, 0.2) is 18.2 Å². The Morgan fingerprint density at radius 2 is 1.95 bits per heavy atom. The van der Waals surface area contributed by atoms with E-state index in [1.54, 1.807) is 5.01 Å². The van der Waals surface area contributed by atoms with Gasteiger partial charge in [0.05, 0.1) is 0 Å². The summed E-state index contributed by atoms with van der Waals surface area (Å²) in [5.41, 5.74) is 7.20. The van der Waals surface area contributed by atoms with Crippen LogP contribution < -0.4 is 5.43 Å². The van der Waals surface area contributed by atoms with Gasteiger partial charge in [-0.2, -0.15) is 0 Å². The zero-order chi connectivity index (χ0) is 13.7. The fourth-order valence-electron chi connectivity index (χ4n) is 2.70. The first-order valence-electron chi connectivity index (χ1n) is 7.22. The zero-order valence-corrected chi connectivity index (χ0v) is 12.0. The molecule has 0 saturated carbocycles. The molecule has 0 aliphatic heterocycles. The van der Waals surface area contributed by atoms with E-state index in [0.29, 0.717) is 6.42 Å². The minimum absolute atomic E-state index is 0.1000. The Balaban J connectivity index is 1.81. The summed E-state index contributed by atoms with van der Waals surface area (Å²) in [4.78, 5) is 11.5. The first-order valence-corrected chi connectivity index (χ1v) is 7.22. The number of amides is 1. The van der Waals surface area contributed by atoms with Gasteiger partial charge in [-0.25, -0.2) is 5.01 Å². The van der Waals surface area contributed by atoms with Gasteiger partial charge >= 0.3 is 0 Å². The second kappa shape index (κ2) is 6.71. The van der Waals surface area contributed by atoms with Crippen molar-refractivity contribution in [3.05, 3.63) is 34.9 Å². The fraction of sp³-hybridized carbons (Fsp3) is 0.562. The lowest BCUT2D eigenvalue weighted by Gasteiger charge is -2.16. The molecule has 1 aliphatic rings. The van der Waals surface area contributed by atoms with E-state index in [9.17, 15) is 4.79 Å². The Kier molecular flexibility index (Phi) is 4.97. The lowest BCUT2D eigenvalue weighted by atomic mass is 9.89. The Morgan fingerprint density at radius 1 is 1.21 bits per heavy atom. The second-order valence-electron chi connectivity index (χ2n) is 5.59. The summed E-state index contributed by atoms with van der Waals surface area (Å²) in [5, 5.41) is 1.70. The molecule has 0 heterocycles. The lowest BCUT2D eigenvalue weighted by molar-refractivity contribution is -0.124. The summed E-state index contributed by atoms with van der Waals surface area (Å²) in [6, 6.07) is 6.86. The van der Waals surface area contributed by atoms with Crippen LogP contribution in [0.5, 0.6) is 0 Å². The fourth-order valence-corrected chi connectivity index (χ4v) is 2.70. The minimum Gasteiger partial charge on any atom is -0.289 e. The van der Waals surface area contributed by atoms with E-state index in [1.807, 2.05) is 14.1 Å². The van der Waals surface area contributed by atoms with Crippen LogP contribution in [0.25, 0.3) is 0 Å². The van der Waals surface area contributed by atoms with Crippen LogP contribution in [0.2, 0.25) is 0 Å².